The van der Waals surface area contributed by atoms with Crippen molar-refractivity contribution in [2.75, 3.05) is 25.5 Å². The summed E-state index contributed by atoms with van der Waals surface area (Å²) >= 11 is 0. The summed E-state index contributed by atoms with van der Waals surface area (Å²) in [5.74, 6) is 0.396. The maximum atomic E-state index is 12.1. The molecule has 1 N–H and O–H groups in total. The second kappa shape index (κ2) is 6.56. The lowest BCUT2D eigenvalue weighted by Gasteiger charge is -2.33. The maximum absolute atomic E-state index is 12.1. The van der Waals surface area contributed by atoms with Gasteiger partial charge in [0.25, 0.3) is 0 Å². The minimum absolute atomic E-state index is 0.194. The lowest BCUT2D eigenvalue weighted by molar-refractivity contribution is -0.274. The second-order valence-electron chi connectivity index (χ2n) is 5.65. The molecule has 1 aliphatic heterocycles. The summed E-state index contributed by atoms with van der Waals surface area (Å²) in [6.45, 7) is 4.31. The SMILES string of the molecule is CC(Nc1ccc(OC(F)(F)F)cc1)C1CCN(C)CC1. The molecule has 21 heavy (non-hydrogen) atoms. The fraction of sp³-hybridized carbons (Fsp3) is 0.600. The molecule has 0 radical (unpaired) electrons. The van der Waals surface area contributed by atoms with Gasteiger partial charge in [0.2, 0.25) is 0 Å². The largest absolute Gasteiger partial charge is 0.573 e. The van der Waals surface area contributed by atoms with Gasteiger partial charge in [-0.25, -0.2) is 0 Å². The van der Waals surface area contributed by atoms with Crippen LogP contribution in [0.1, 0.15) is 19.8 Å². The van der Waals surface area contributed by atoms with Crippen LogP contribution < -0.4 is 10.1 Å². The van der Waals surface area contributed by atoms with E-state index in [-0.39, 0.29) is 5.75 Å². The Morgan fingerprint density at radius 3 is 2.29 bits per heavy atom. The number of hydrogen-bond donors (Lipinski definition) is 1. The standard InChI is InChI=1S/C15H21F3N2O/c1-11(12-7-9-20(2)10-8-12)19-13-3-5-14(6-4-13)21-15(16,17)18/h3-6,11-12,19H,7-10H2,1-2H3. The van der Waals surface area contributed by atoms with Gasteiger partial charge in [0, 0.05) is 11.7 Å². The molecule has 1 aliphatic rings. The van der Waals surface area contributed by atoms with Crippen LogP contribution in [0, 0.1) is 5.92 Å². The van der Waals surface area contributed by atoms with Crippen molar-refractivity contribution in [3.8, 4) is 5.75 Å². The summed E-state index contributed by atoms with van der Waals surface area (Å²) in [6.07, 6.45) is -2.36. The highest BCUT2D eigenvalue weighted by Gasteiger charge is 2.31. The first kappa shape index (κ1) is 15.9. The molecule has 2 rings (SSSR count). The van der Waals surface area contributed by atoms with Crippen LogP contribution in [-0.4, -0.2) is 37.4 Å². The van der Waals surface area contributed by atoms with E-state index in [0.717, 1.165) is 31.6 Å². The average Bonchev–Trinajstić information content (AvgIpc) is 2.40. The Morgan fingerprint density at radius 2 is 1.76 bits per heavy atom. The summed E-state index contributed by atoms with van der Waals surface area (Å²) in [4.78, 5) is 2.31. The number of nitrogens with one attached hydrogen (secondary N) is 1. The molecule has 0 amide bonds. The number of ether oxygens (including phenoxy) is 1. The van der Waals surface area contributed by atoms with Crippen LogP contribution in [-0.2, 0) is 0 Å². The number of halogens is 3. The smallest absolute Gasteiger partial charge is 0.406 e. The zero-order valence-corrected chi connectivity index (χ0v) is 12.3. The third kappa shape index (κ3) is 5.12. The Morgan fingerprint density at radius 1 is 1.19 bits per heavy atom. The predicted octanol–water partition coefficient (Wildman–Crippen LogP) is 3.73. The van der Waals surface area contributed by atoms with E-state index in [4.69, 9.17) is 0 Å². The molecule has 3 nitrogen and oxygen atoms in total. The van der Waals surface area contributed by atoms with Gasteiger partial charge in [-0.05, 0) is 70.1 Å². The van der Waals surface area contributed by atoms with E-state index >= 15 is 0 Å². The van der Waals surface area contributed by atoms with Crippen LogP contribution in [0.5, 0.6) is 5.75 Å². The molecule has 1 fully saturated rings. The fourth-order valence-electron chi connectivity index (χ4n) is 2.66. The Kier molecular flexibility index (Phi) is 4.98. The van der Waals surface area contributed by atoms with Crippen LogP contribution in [0.15, 0.2) is 24.3 Å². The summed E-state index contributed by atoms with van der Waals surface area (Å²) < 4.78 is 40.1. The van der Waals surface area contributed by atoms with Crippen molar-refractivity contribution < 1.29 is 17.9 Å². The van der Waals surface area contributed by atoms with Crippen molar-refractivity contribution >= 4 is 5.69 Å². The van der Waals surface area contributed by atoms with E-state index in [1.807, 2.05) is 0 Å². The van der Waals surface area contributed by atoms with Gasteiger partial charge in [-0.2, -0.15) is 0 Å². The van der Waals surface area contributed by atoms with Crippen LogP contribution in [0.3, 0.4) is 0 Å². The minimum atomic E-state index is -4.64. The number of anilines is 1. The Hall–Kier alpha value is -1.43. The van der Waals surface area contributed by atoms with Crippen molar-refractivity contribution in [2.24, 2.45) is 5.92 Å². The monoisotopic (exact) mass is 302 g/mol. The molecule has 1 heterocycles. The van der Waals surface area contributed by atoms with Crippen LogP contribution in [0.25, 0.3) is 0 Å². The first-order chi connectivity index (χ1) is 9.83. The number of alkyl halides is 3. The molecule has 0 aromatic heterocycles. The van der Waals surface area contributed by atoms with Crippen LogP contribution >= 0.6 is 0 Å². The average molecular weight is 302 g/mol. The van der Waals surface area contributed by atoms with Gasteiger partial charge in [0.1, 0.15) is 5.75 Å². The molecule has 1 unspecified atom stereocenters. The first-order valence-corrected chi connectivity index (χ1v) is 7.14. The van der Waals surface area contributed by atoms with Crippen LogP contribution in [0.2, 0.25) is 0 Å². The normalized spacial score (nSPS) is 19.3. The molecule has 1 saturated heterocycles. The van der Waals surface area contributed by atoms with Gasteiger partial charge in [-0.15, -0.1) is 13.2 Å². The molecule has 0 saturated carbocycles. The summed E-state index contributed by atoms with van der Waals surface area (Å²) in [5.41, 5.74) is 0.816. The molecule has 0 bridgehead atoms. The van der Waals surface area contributed by atoms with E-state index < -0.39 is 6.36 Å². The Labute approximate surface area is 123 Å². The van der Waals surface area contributed by atoms with E-state index in [0.29, 0.717) is 12.0 Å². The molecule has 1 aromatic rings. The van der Waals surface area contributed by atoms with Gasteiger partial charge < -0.3 is 15.0 Å². The summed E-state index contributed by atoms with van der Waals surface area (Å²) in [7, 11) is 2.12. The molecular weight excluding hydrogens is 281 g/mol. The molecular formula is C15H21F3N2O. The number of benzene rings is 1. The maximum Gasteiger partial charge on any atom is 0.573 e. The van der Waals surface area contributed by atoms with Gasteiger partial charge in [-0.3, -0.25) is 0 Å². The quantitative estimate of drug-likeness (QED) is 0.917. The summed E-state index contributed by atoms with van der Waals surface area (Å²) in [6, 6.07) is 6.20. The lowest BCUT2D eigenvalue weighted by atomic mass is 9.90. The van der Waals surface area contributed by atoms with Crippen molar-refractivity contribution in [1.29, 1.82) is 0 Å². The van der Waals surface area contributed by atoms with Crippen molar-refractivity contribution in [1.82, 2.24) is 4.90 Å². The number of hydrogen-bond acceptors (Lipinski definition) is 3. The van der Waals surface area contributed by atoms with Gasteiger partial charge >= 0.3 is 6.36 Å². The van der Waals surface area contributed by atoms with E-state index in [1.165, 1.54) is 12.1 Å². The Balaban J connectivity index is 1.88. The third-order valence-electron chi connectivity index (χ3n) is 3.95. The second-order valence-corrected chi connectivity index (χ2v) is 5.65. The van der Waals surface area contributed by atoms with Crippen LogP contribution in [0.4, 0.5) is 18.9 Å². The molecule has 1 aromatic carbocycles. The zero-order chi connectivity index (χ0) is 15.5. The van der Waals surface area contributed by atoms with Gasteiger partial charge in [0.05, 0.1) is 0 Å². The van der Waals surface area contributed by atoms with E-state index in [9.17, 15) is 13.2 Å². The highest BCUT2D eigenvalue weighted by Crippen LogP contribution is 2.26. The molecule has 1 atom stereocenters. The highest BCUT2D eigenvalue weighted by atomic mass is 19.4. The molecule has 0 aliphatic carbocycles. The molecule has 118 valence electrons. The number of likely N-dealkylation sites (tertiary alicyclic amines) is 1. The van der Waals surface area contributed by atoms with Crippen molar-refractivity contribution in [3.63, 3.8) is 0 Å². The van der Waals surface area contributed by atoms with E-state index in [1.54, 1.807) is 12.1 Å². The number of rotatable bonds is 4. The zero-order valence-electron chi connectivity index (χ0n) is 12.3. The van der Waals surface area contributed by atoms with Crippen molar-refractivity contribution in [3.05, 3.63) is 24.3 Å². The van der Waals surface area contributed by atoms with Gasteiger partial charge in [-0.1, -0.05) is 0 Å². The van der Waals surface area contributed by atoms with Gasteiger partial charge in [0.15, 0.2) is 0 Å². The molecule has 6 heteroatoms. The topological polar surface area (TPSA) is 24.5 Å². The summed E-state index contributed by atoms with van der Waals surface area (Å²) in [5, 5.41) is 3.36. The van der Waals surface area contributed by atoms with Crippen molar-refractivity contribution in [2.45, 2.75) is 32.2 Å². The third-order valence-corrected chi connectivity index (χ3v) is 3.95. The molecule has 0 spiro atoms. The predicted molar refractivity (Wildman–Crippen MR) is 76.4 cm³/mol. The fourth-order valence-corrected chi connectivity index (χ4v) is 2.66. The lowest BCUT2D eigenvalue weighted by Crippen LogP contribution is -2.37. The Bertz CT molecular complexity index is 439. The van der Waals surface area contributed by atoms with E-state index in [2.05, 4.69) is 28.9 Å². The first-order valence-electron chi connectivity index (χ1n) is 7.14. The highest BCUT2D eigenvalue weighted by molar-refractivity contribution is 5.47. The number of nitrogens with zero attached hydrogens (tertiary/aromatic N) is 1. The number of piperidine rings is 1. The minimum Gasteiger partial charge on any atom is -0.406 e.